The summed E-state index contributed by atoms with van der Waals surface area (Å²) in [5.41, 5.74) is 6.90. The summed E-state index contributed by atoms with van der Waals surface area (Å²) in [5.74, 6) is 1.80. The van der Waals surface area contributed by atoms with Gasteiger partial charge in [-0.05, 0) is 49.3 Å². The minimum Gasteiger partial charge on any atom is -0.269 e. The van der Waals surface area contributed by atoms with Crippen LogP contribution in [-0.4, -0.2) is 22.3 Å². The molecule has 1 saturated heterocycles. The SMILES string of the molecule is CCc1ccc(C(C)=[N+]2NC(=O)C3C4CCC(C4)C32)cc1. The molecule has 3 fully saturated rings. The maximum absolute atomic E-state index is 12.3. The first-order valence-electron chi connectivity index (χ1n) is 8.21. The second-order valence-corrected chi connectivity index (χ2v) is 6.83. The third kappa shape index (κ3) is 1.86. The predicted molar refractivity (Wildman–Crippen MR) is 82.1 cm³/mol. The molecule has 1 N–H and O–H groups in total. The molecule has 4 unspecified atom stereocenters. The number of nitrogens with one attached hydrogen (secondary N) is 1. The van der Waals surface area contributed by atoms with E-state index in [9.17, 15) is 4.79 Å². The summed E-state index contributed by atoms with van der Waals surface area (Å²) in [6.45, 7) is 4.31. The van der Waals surface area contributed by atoms with Crippen LogP contribution in [0.2, 0.25) is 0 Å². The second-order valence-electron chi connectivity index (χ2n) is 6.83. The van der Waals surface area contributed by atoms with Crippen molar-refractivity contribution in [2.24, 2.45) is 17.8 Å². The number of carbonyl (C=O) groups excluding carboxylic acids is 1. The summed E-state index contributed by atoms with van der Waals surface area (Å²) in [5, 5.41) is 0. The molecule has 2 aliphatic carbocycles. The normalized spacial score (nSPS) is 35.8. The number of nitrogens with zero attached hydrogens (tertiary/aromatic N) is 1. The fourth-order valence-electron chi connectivity index (χ4n) is 4.70. The van der Waals surface area contributed by atoms with Crippen LogP contribution in [0.25, 0.3) is 0 Å². The third-order valence-electron chi connectivity index (χ3n) is 5.85. The van der Waals surface area contributed by atoms with Crippen LogP contribution in [0, 0.1) is 17.8 Å². The fraction of sp³-hybridized carbons (Fsp3) is 0.556. The van der Waals surface area contributed by atoms with E-state index in [-0.39, 0.29) is 11.8 Å². The number of hydrazone groups is 1. The summed E-state index contributed by atoms with van der Waals surface area (Å²) in [7, 11) is 0. The number of rotatable bonds is 2. The maximum Gasteiger partial charge on any atom is 0.284 e. The molecule has 1 amide bonds. The molecule has 4 atom stereocenters. The van der Waals surface area contributed by atoms with Gasteiger partial charge in [-0.1, -0.05) is 19.1 Å². The Kier molecular flexibility index (Phi) is 2.91. The molecular weight excluding hydrogens is 260 g/mol. The average Bonchev–Trinajstić information content (AvgIpc) is 3.20. The van der Waals surface area contributed by atoms with E-state index in [1.165, 1.54) is 36.1 Å². The van der Waals surface area contributed by atoms with Crippen LogP contribution < -0.4 is 5.43 Å². The van der Waals surface area contributed by atoms with E-state index in [0.717, 1.165) is 6.42 Å². The van der Waals surface area contributed by atoms with Crippen molar-refractivity contribution in [3.8, 4) is 0 Å². The lowest BCUT2D eigenvalue weighted by molar-refractivity contribution is -0.602. The topological polar surface area (TPSA) is 32.1 Å². The van der Waals surface area contributed by atoms with Gasteiger partial charge in [0.05, 0.1) is 0 Å². The van der Waals surface area contributed by atoms with Gasteiger partial charge in [-0.25, -0.2) is 0 Å². The molecule has 3 heteroatoms. The van der Waals surface area contributed by atoms with E-state index in [0.29, 0.717) is 17.9 Å². The van der Waals surface area contributed by atoms with Gasteiger partial charge < -0.3 is 0 Å². The van der Waals surface area contributed by atoms with E-state index in [2.05, 4.69) is 48.2 Å². The first-order chi connectivity index (χ1) is 10.2. The highest BCUT2D eigenvalue weighted by atomic mass is 16.2. The molecule has 1 aliphatic heterocycles. The number of carbonyl (C=O) groups is 1. The predicted octanol–water partition coefficient (Wildman–Crippen LogP) is 2.53. The van der Waals surface area contributed by atoms with E-state index in [1.54, 1.807) is 0 Å². The van der Waals surface area contributed by atoms with Gasteiger partial charge in [0, 0.05) is 18.4 Å². The first kappa shape index (κ1) is 13.1. The lowest BCUT2D eigenvalue weighted by Gasteiger charge is -2.17. The number of fused-ring (bicyclic) bond motifs is 5. The summed E-state index contributed by atoms with van der Waals surface area (Å²) < 4.78 is 2.18. The zero-order valence-corrected chi connectivity index (χ0v) is 12.8. The van der Waals surface area contributed by atoms with Crippen LogP contribution in [0.5, 0.6) is 0 Å². The molecule has 1 aromatic carbocycles. The Balaban J connectivity index is 1.72. The van der Waals surface area contributed by atoms with Crippen molar-refractivity contribution in [1.29, 1.82) is 0 Å². The van der Waals surface area contributed by atoms with Crippen molar-refractivity contribution >= 4 is 11.6 Å². The van der Waals surface area contributed by atoms with E-state index in [4.69, 9.17) is 0 Å². The third-order valence-corrected chi connectivity index (χ3v) is 5.85. The quantitative estimate of drug-likeness (QED) is 0.831. The molecule has 2 saturated carbocycles. The highest BCUT2D eigenvalue weighted by molar-refractivity contribution is 5.96. The Bertz CT molecular complexity index is 617. The van der Waals surface area contributed by atoms with Crippen molar-refractivity contribution in [2.75, 3.05) is 0 Å². The van der Waals surface area contributed by atoms with Crippen LogP contribution in [0.3, 0.4) is 0 Å². The zero-order chi connectivity index (χ0) is 14.6. The smallest absolute Gasteiger partial charge is 0.269 e. The zero-order valence-electron chi connectivity index (χ0n) is 12.8. The number of amides is 1. The molecule has 21 heavy (non-hydrogen) atoms. The molecule has 110 valence electrons. The average molecular weight is 283 g/mol. The number of benzene rings is 1. The molecule has 0 spiro atoms. The van der Waals surface area contributed by atoms with Crippen molar-refractivity contribution in [1.82, 2.24) is 5.43 Å². The fourth-order valence-corrected chi connectivity index (χ4v) is 4.70. The largest absolute Gasteiger partial charge is 0.284 e. The van der Waals surface area contributed by atoms with Crippen LogP contribution in [0.4, 0.5) is 0 Å². The summed E-state index contributed by atoms with van der Waals surface area (Å²) in [4.78, 5) is 12.3. The van der Waals surface area contributed by atoms with Gasteiger partial charge in [-0.2, -0.15) is 0 Å². The van der Waals surface area contributed by atoms with Crippen LogP contribution in [-0.2, 0) is 11.2 Å². The lowest BCUT2D eigenvalue weighted by atomic mass is 9.85. The summed E-state index contributed by atoms with van der Waals surface area (Å²) in [6.07, 6.45) is 4.85. The van der Waals surface area contributed by atoms with Crippen molar-refractivity contribution in [3.63, 3.8) is 0 Å². The van der Waals surface area contributed by atoms with E-state index < -0.39 is 0 Å². The van der Waals surface area contributed by atoms with Crippen molar-refractivity contribution in [3.05, 3.63) is 35.4 Å². The van der Waals surface area contributed by atoms with Gasteiger partial charge in [0.2, 0.25) is 5.71 Å². The van der Waals surface area contributed by atoms with Gasteiger partial charge in [-0.3, -0.25) is 4.79 Å². The van der Waals surface area contributed by atoms with Crippen molar-refractivity contribution in [2.45, 2.75) is 45.6 Å². The van der Waals surface area contributed by atoms with Gasteiger partial charge in [0.15, 0.2) is 6.04 Å². The first-order valence-corrected chi connectivity index (χ1v) is 8.21. The van der Waals surface area contributed by atoms with Crippen LogP contribution >= 0.6 is 0 Å². The number of hydrogen-bond acceptors (Lipinski definition) is 1. The highest BCUT2D eigenvalue weighted by Gasteiger charge is 2.62. The minimum atomic E-state index is 0.230. The number of aryl methyl sites for hydroxylation is 1. The minimum absolute atomic E-state index is 0.230. The summed E-state index contributed by atoms with van der Waals surface area (Å²) >= 11 is 0. The monoisotopic (exact) mass is 283 g/mol. The summed E-state index contributed by atoms with van der Waals surface area (Å²) in [6, 6.07) is 9.13. The molecule has 3 nitrogen and oxygen atoms in total. The molecule has 0 radical (unpaired) electrons. The Morgan fingerprint density at radius 2 is 1.95 bits per heavy atom. The van der Waals surface area contributed by atoms with Crippen LogP contribution in [0.1, 0.15) is 44.2 Å². The molecule has 1 aromatic rings. The Morgan fingerprint density at radius 3 is 2.67 bits per heavy atom. The molecule has 2 bridgehead atoms. The van der Waals surface area contributed by atoms with E-state index >= 15 is 0 Å². The maximum atomic E-state index is 12.3. The van der Waals surface area contributed by atoms with E-state index in [1.807, 2.05) is 0 Å². The second kappa shape index (κ2) is 4.69. The number of hydrogen-bond donors (Lipinski definition) is 1. The molecule has 4 rings (SSSR count). The standard InChI is InChI=1S/C18H22N2O/c1-3-12-4-6-13(7-5-12)11(2)20-17-15-9-8-14(10-15)16(17)18(21)19-20/h4-7,14-17H,3,8-10H2,1-2H3/p+1. The van der Waals surface area contributed by atoms with Crippen LogP contribution in [0.15, 0.2) is 24.3 Å². The Labute approximate surface area is 126 Å². The molecular formula is C18H23N2O+. The van der Waals surface area contributed by atoms with Gasteiger partial charge in [0.1, 0.15) is 5.92 Å². The van der Waals surface area contributed by atoms with Crippen molar-refractivity contribution < 1.29 is 9.48 Å². The van der Waals surface area contributed by atoms with Gasteiger partial charge >= 0.3 is 0 Å². The lowest BCUT2D eigenvalue weighted by Crippen LogP contribution is -2.37. The molecule has 0 aromatic heterocycles. The molecule has 3 aliphatic rings. The van der Waals surface area contributed by atoms with Gasteiger partial charge in [-0.15, -0.1) is 10.1 Å². The number of hydrazine groups is 1. The Hall–Kier alpha value is -1.64. The van der Waals surface area contributed by atoms with Gasteiger partial charge in [0.25, 0.3) is 5.91 Å². The molecule has 1 heterocycles. The highest BCUT2D eigenvalue weighted by Crippen LogP contribution is 2.51. The Morgan fingerprint density at radius 1 is 1.24 bits per heavy atom.